The van der Waals surface area contributed by atoms with Crippen LogP contribution in [0.4, 0.5) is 22.4 Å². The average molecular weight is 500 g/mol. The molecule has 0 saturated carbocycles. The second-order valence-corrected chi connectivity index (χ2v) is 11.3. The Morgan fingerprint density at radius 3 is 2.71 bits per heavy atom. The van der Waals surface area contributed by atoms with Crippen molar-refractivity contribution in [3.63, 3.8) is 0 Å². The molecule has 2 aliphatic rings. The number of amides is 1. The minimum Gasteiger partial charge on any atom is -0.444 e. The van der Waals surface area contributed by atoms with Crippen LogP contribution in [0, 0.1) is 0 Å². The Balaban J connectivity index is 1.38. The molecular weight excluding hydrogens is 466 g/mol. The van der Waals surface area contributed by atoms with E-state index in [0.29, 0.717) is 23.3 Å². The number of piperidine rings is 2. The molecule has 2 saturated heterocycles. The van der Waals surface area contributed by atoms with Gasteiger partial charge in [-0.25, -0.2) is 9.78 Å². The topological polar surface area (TPSA) is 120 Å². The summed E-state index contributed by atoms with van der Waals surface area (Å²) in [6.07, 6.45) is 4.64. The van der Waals surface area contributed by atoms with E-state index in [4.69, 9.17) is 14.7 Å². The monoisotopic (exact) mass is 499 g/mol. The van der Waals surface area contributed by atoms with Crippen LogP contribution in [0.3, 0.4) is 0 Å². The average Bonchev–Trinajstić information content (AvgIpc) is 3.45. The van der Waals surface area contributed by atoms with Gasteiger partial charge in [0, 0.05) is 31.2 Å². The number of hydrogen-bond acceptors (Lipinski definition) is 9. The Hall–Kier alpha value is -2.92. The largest absolute Gasteiger partial charge is 0.444 e. The molecule has 188 valence electrons. The van der Waals surface area contributed by atoms with Crippen molar-refractivity contribution in [2.75, 3.05) is 17.3 Å². The molecule has 3 aromatic heterocycles. The number of nitrogens with zero attached hydrogens (tertiary/aromatic N) is 5. The third-order valence-electron chi connectivity index (χ3n) is 6.78. The smallest absolute Gasteiger partial charge is 0.410 e. The molecule has 35 heavy (non-hydrogen) atoms. The lowest BCUT2D eigenvalue weighted by atomic mass is 9.81. The zero-order chi connectivity index (χ0) is 24.7. The van der Waals surface area contributed by atoms with E-state index in [1.165, 1.54) is 0 Å². The number of carbonyl (C=O) groups is 1. The van der Waals surface area contributed by atoms with Gasteiger partial charge in [-0.15, -0.1) is 11.3 Å². The van der Waals surface area contributed by atoms with Gasteiger partial charge in [0.05, 0.1) is 17.7 Å². The molecule has 2 bridgehead atoms. The van der Waals surface area contributed by atoms with E-state index >= 15 is 0 Å². The van der Waals surface area contributed by atoms with Crippen LogP contribution >= 0.6 is 11.3 Å². The fraction of sp³-hybridized carbons (Fsp3) is 0.583. The first kappa shape index (κ1) is 23.8. The third kappa shape index (κ3) is 4.92. The predicted octanol–water partition coefficient (Wildman–Crippen LogP) is 4.41. The first-order valence-corrected chi connectivity index (χ1v) is 13.0. The number of aliphatic hydroxyl groups excluding tert-OH is 1. The SMILES string of the molecule is CN(c1nc(Nc2cc(CO)[nH]n2)c2ccsc2n1)C1C[C@H]2CCC[C@@H](C1)N2C(=O)OC(C)(C)C. The van der Waals surface area contributed by atoms with Crippen molar-refractivity contribution >= 4 is 45.2 Å². The number of rotatable bonds is 5. The number of fused-ring (bicyclic) bond motifs is 3. The number of H-pyrrole nitrogens is 1. The number of anilines is 3. The Morgan fingerprint density at radius 2 is 2.06 bits per heavy atom. The number of nitrogens with one attached hydrogen (secondary N) is 2. The van der Waals surface area contributed by atoms with Crippen LogP contribution in [-0.4, -0.2) is 67.0 Å². The number of aromatic amines is 1. The standard InChI is InChI=1S/C24H33N7O3S/c1-24(2,3)34-23(33)31-15-6-5-7-16(31)12-17(11-15)30(4)22-26-20(18-8-9-35-21(18)27-22)25-19-10-14(13-32)28-29-19/h8-10,15-17,32H,5-7,11-13H2,1-4H3,(H2,25,26,27,28,29)/t15-,16+,17?. The van der Waals surface area contributed by atoms with Crippen LogP contribution in [0.1, 0.15) is 58.6 Å². The summed E-state index contributed by atoms with van der Waals surface area (Å²) in [5, 5.41) is 22.5. The number of aliphatic hydroxyl groups is 1. The number of ether oxygens (including phenoxy) is 1. The minimum atomic E-state index is -0.501. The van der Waals surface area contributed by atoms with Gasteiger partial charge in [0.2, 0.25) is 5.95 Å². The summed E-state index contributed by atoms with van der Waals surface area (Å²) in [5.41, 5.74) is 0.127. The lowest BCUT2D eigenvalue weighted by Crippen LogP contribution is -2.59. The van der Waals surface area contributed by atoms with E-state index in [9.17, 15) is 9.90 Å². The van der Waals surface area contributed by atoms with Crippen LogP contribution in [0.2, 0.25) is 0 Å². The van der Waals surface area contributed by atoms with Gasteiger partial charge in [0.25, 0.3) is 0 Å². The van der Waals surface area contributed by atoms with Crippen LogP contribution < -0.4 is 10.2 Å². The normalized spacial score (nSPS) is 22.3. The van der Waals surface area contributed by atoms with E-state index in [0.717, 1.165) is 42.3 Å². The van der Waals surface area contributed by atoms with Crippen molar-refractivity contribution in [2.45, 2.75) is 83.2 Å². The maximum Gasteiger partial charge on any atom is 0.410 e. The molecule has 2 fully saturated rings. The summed E-state index contributed by atoms with van der Waals surface area (Å²) in [7, 11) is 2.04. The van der Waals surface area contributed by atoms with Gasteiger partial charge in [-0.2, -0.15) is 10.1 Å². The highest BCUT2D eigenvalue weighted by molar-refractivity contribution is 7.16. The summed E-state index contributed by atoms with van der Waals surface area (Å²) in [6, 6.07) is 4.30. The van der Waals surface area contributed by atoms with Gasteiger partial charge in [0.15, 0.2) is 5.82 Å². The van der Waals surface area contributed by atoms with Crippen LogP contribution in [0.5, 0.6) is 0 Å². The van der Waals surface area contributed by atoms with Crippen molar-refractivity contribution in [2.24, 2.45) is 0 Å². The van der Waals surface area contributed by atoms with Crippen molar-refractivity contribution in [1.29, 1.82) is 0 Å². The molecule has 3 atom stereocenters. The lowest BCUT2D eigenvalue weighted by Gasteiger charge is -2.50. The molecule has 5 heterocycles. The zero-order valence-corrected chi connectivity index (χ0v) is 21.4. The molecular formula is C24H33N7O3S. The second-order valence-electron chi connectivity index (χ2n) is 10.4. The highest BCUT2D eigenvalue weighted by Gasteiger charge is 2.44. The van der Waals surface area contributed by atoms with Crippen molar-refractivity contribution in [3.8, 4) is 0 Å². The van der Waals surface area contributed by atoms with Crippen LogP contribution in [0.25, 0.3) is 10.2 Å². The summed E-state index contributed by atoms with van der Waals surface area (Å²) < 4.78 is 5.73. The molecule has 0 radical (unpaired) electrons. The van der Waals surface area contributed by atoms with Crippen molar-refractivity contribution in [1.82, 2.24) is 25.1 Å². The molecule has 3 N–H and O–H groups in total. The Kier molecular flexibility index (Phi) is 6.30. The van der Waals surface area contributed by atoms with E-state index in [1.54, 1.807) is 17.4 Å². The first-order valence-electron chi connectivity index (χ1n) is 12.1. The summed E-state index contributed by atoms with van der Waals surface area (Å²) in [6.45, 7) is 5.64. The van der Waals surface area contributed by atoms with E-state index < -0.39 is 5.60 Å². The van der Waals surface area contributed by atoms with E-state index in [1.807, 2.05) is 44.2 Å². The van der Waals surface area contributed by atoms with Gasteiger partial charge in [-0.3, -0.25) is 5.10 Å². The maximum atomic E-state index is 13.0. The van der Waals surface area contributed by atoms with Gasteiger partial charge in [-0.1, -0.05) is 0 Å². The quantitative estimate of drug-likeness (QED) is 0.472. The van der Waals surface area contributed by atoms with Gasteiger partial charge >= 0.3 is 6.09 Å². The van der Waals surface area contributed by atoms with Crippen molar-refractivity contribution < 1.29 is 14.6 Å². The molecule has 2 aliphatic heterocycles. The molecule has 10 nitrogen and oxygen atoms in total. The van der Waals surface area contributed by atoms with E-state index in [-0.39, 0.29) is 30.8 Å². The van der Waals surface area contributed by atoms with Crippen LogP contribution in [0.15, 0.2) is 17.5 Å². The highest BCUT2D eigenvalue weighted by Crippen LogP contribution is 2.38. The second kappa shape index (κ2) is 9.27. The van der Waals surface area contributed by atoms with Crippen LogP contribution in [-0.2, 0) is 11.3 Å². The number of hydrogen-bond donors (Lipinski definition) is 3. The number of aromatic nitrogens is 4. The zero-order valence-electron chi connectivity index (χ0n) is 20.6. The number of thiophene rings is 1. The van der Waals surface area contributed by atoms with Crippen molar-refractivity contribution in [3.05, 3.63) is 23.2 Å². The summed E-state index contributed by atoms with van der Waals surface area (Å²) in [5.74, 6) is 1.92. The predicted molar refractivity (Wildman–Crippen MR) is 136 cm³/mol. The molecule has 1 amide bonds. The van der Waals surface area contributed by atoms with E-state index in [2.05, 4.69) is 20.4 Å². The third-order valence-corrected chi connectivity index (χ3v) is 7.58. The van der Waals surface area contributed by atoms with Gasteiger partial charge in [0.1, 0.15) is 16.2 Å². The molecule has 11 heteroatoms. The fourth-order valence-corrected chi connectivity index (χ4v) is 5.93. The Bertz CT molecular complexity index is 1190. The number of carbonyl (C=O) groups excluding carboxylic acids is 1. The van der Waals surface area contributed by atoms with Gasteiger partial charge < -0.3 is 25.0 Å². The summed E-state index contributed by atoms with van der Waals surface area (Å²) >= 11 is 1.57. The Labute approximate surface area is 208 Å². The maximum absolute atomic E-state index is 13.0. The minimum absolute atomic E-state index is 0.107. The highest BCUT2D eigenvalue weighted by atomic mass is 32.1. The Morgan fingerprint density at radius 1 is 1.31 bits per heavy atom. The lowest BCUT2D eigenvalue weighted by molar-refractivity contribution is -0.0214. The first-order chi connectivity index (χ1) is 16.7. The fourth-order valence-electron chi connectivity index (χ4n) is 5.17. The molecule has 0 aliphatic carbocycles. The van der Waals surface area contributed by atoms with Gasteiger partial charge in [-0.05, 0) is 64.3 Å². The molecule has 0 spiro atoms. The molecule has 1 unspecified atom stereocenters. The summed E-state index contributed by atoms with van der Waals surface area (Å²) in [4.78, 5) is 27.7. The molecule has 3 aromatic rings. The molecule has 5 rings (SSSR count). The molecule has 0 aromatic carbocycles.